The van der Waals surface area contributed by atoms with Crippen LogP contribution in [0.2, 0.25) is 0 Å². The second kappa shape index (κ2) is 16.0. The predicted molar refractivity (Wildman–Crippen MR) is 182 cm³/mol. The number of rotatable bonds is 11. The van der Waals surface area contributed by atoms with E-state index in [1.54, 1.807) is 62.4 Å². The molecule has 10 nitrogen and oxygen atoms in total. The normalized spacial score (nSPS) is 11.2. The fourth-order valence-electron chi connectivity index (χ4n) is 4.65. The van der Waals surface area contributed by atoms with Crippen LogP contribution in [0.5, 0.6) is 0 Å². The number of ether oxygens (including phenoxy) is 1. The molecule has 48 heavy (non-hydrogen) atoms. The van der Waals surface area contributed by atoms with Gasteiger partial charge >= 0.3 is 5.97 Å². The summed E-state index contributed by atoms with van der Waals surface area (Å²) in [6, 6.07) is 21.7. The Morgan fingerprint density at radius 2 is 1.08 bits per heavy atom. The summed E-state index contributed by atoms with van der Waals surface area (Å²) in [6.07, 6.45) is 2.14. The minimum atomic E-state index is -3.61. The van der Waals surface area contributed by atoms with Gasteiger partial charge in [0.1, 0.15) is 11.6 Å². The summed E-state index contributed by atoms with van der Waals surface area (Å²) in [5, 5.41) is 0. The molecule has 14 heteroatoms. The Bertz CT molecular complexity index is 1880. The van der Waals surface area contributed by atoms with Crippen molar-refractivity contribution in [3.63, 3.8) is 0 Å². The average molecular weight is 702 g/mol. The molecule has 0 spiro atoms. The SMILES string of the molecule is COC(=O)c1ccc(CN(c2ccccc2C)S(C)(=O)=O)c(F)c1.Cc1ccccc1N(Cc1ccc(C(=O)CN)cc1F)S(C)(=O)=O. The number of halogens is 2. The maximum Gasteiger partial charge on any atom is 0.337 e. The molecule has 0 fully saturated rings. The number of nitrogens with two attached hydrogens (primary N) is 1. The average Bonchev–Trinajstić information content (AvgIpc) is 3.03. The first-order chi connectivity index (χ1) is 22.5. The topological polar surface area (TPSA) is 144 Å². The molecule has 0 unspecified atom stereocenters. The summed E-state index contributed by atoms with van der Waals surface area (Å²) in [7, 11) is -6.01. The van der Waals surface area contributed by atoms with Crippen molar-refractivity contribution >= 4 is 43.2 Å². The second-order valence-electron chi connectivity index (χ2n) is 10.8. The summed E-state index contributed by atoms with van der Waals surface area (Å²) in [6.45, 7) is 3.03. The van der Waals surface area contributed by atoms with E-state index in [-0.39, 0.29) is 47.7 Å². The lowest BCUT2D eigenvalue weighted by Gasteiger charge is -2.24. The predicted octanol–water partition coefficient (Wildman–Crippen LogP) is 5.13. The monoisotopic (exact) mass is 701 g/mol. The van der Waals surface area contributed by atoms with Gasteiger partial charge < -0.3 is 10.5 Å². The maximum absolute atomic E-state index is 14.3. The van der Waals surface area contributed by atoms with Crippen molar-refractivity contribution in [1.29, 1.82) is 0 Å². The van der Waals surface area contributed by atoms with Crippen molar-refractivity contribution < 1.29 is 39.9 Å². The van der Waals surface area contributed by atoms with Crippen LogP contribution < -0.4 is 14.3 Å². The number of Topliss-reactive ketones (excluding diaryl/α,β-unsaturated/α-hetero) is 1. The van der Waals surface area contributed by atoms with E-state index in [0.717, 1.165) is 44.4 Å². The lowest BCUT2D eigenvalue weighted by Crippen LogP contribution is -2.30. The van der Waals surface area contributed by atoms with Crippen molar-refractivity contribution in [1.82, 2.24) is 0 Å². The first-order valence-electron chi connectivity index (χ1n) is 14.4. The van der Waals surface area contributed by atoms with E-state index < -0.39 is 37.7 Å². The van der Waals surface area contributed by atoms with E-state index in [0.29, 0.717) is 11.4 Å². The minimum absolute atomic E-state index is 0.0700. The molecule has 2 N–H and O–H groups in total. The van der Waals surface area contributed by atoms with Crippen molar-refractivity contribution in [3.05, 3.63) is 130 Å². The van der Waals surface area contributed by atoms with Gasteiger partial charge in [0.15, 0.2) is 5.78 Å². The number of benzene rings is 4. The first-order valence-corrected chi connectivity index (χ1v) is 18.1. The molecule has 4 aromatic carbocycles. The number of anilines is 2. The zero-order chi connectivity index (χ0) is 35.8. The quantitative estimate of drug-likeness (QED) is 0.168. The van der Waals surface area contributed by atoms with Gasteiger partial charge in [-0.1, -0.05) is 54.6 Å². The number of para-hydroxylation sites is 2. The highest BCUT2D eigenvalue weighted by atomic mass is 32.2. The maximum atomic E-state index is 14.3. The van der Waals surface area contributed by atoms with Gasteiger partial charge in [-0.3, -0.25) is 13.4 Å². The number of ketones is 1. The first kappa shape index (κ1) is 37.8. The van der Waals surface area contributed by atoms with Crippen LogP contribution in [0.1, 0.15) is 43.0 Å². The highest BCUT2D eigenvalue weighted by molar-refractivity contribution is 7.92. The molecular formula is C34H37F2N3O7S2. The standard InChI is InChI=1S/C17H19FN2O3S.C17H18FNO4S/c1-12-5-3-4-6-16(12)20(24(2,22)23)11-14-8-7-13(9-15(14)18)17(21)10-19;1-12-6-4-5-7-16(12)19(24(3,21)22)11-14-9-8-13(10-15(14)18)17(20)23-2/h3-9H,10-11,19H2,1-2H3;4-10H,11H2,1-3H3. The molecule has 4 aromatic rings. The molecule has 256 valence electrons. The van der Waals surface area contributed by atoms with Crippen LogP contribution in [0.4, 0.5) is 20.2 Å². The number of carbonyl (C=O) groups is 2. The van der Waals surface area contributed by atoms with E-state index in [9.17, 15) is 35.2 Å². The van der Waals surface area contributed by atoms with E-state index in [1.807, 2.05) is 0 Å². The van der Waals surface area contributed by atoms with Crippen LogP contribution in [-0.4, -0.2) is 54.8 Å². The molecule has 0 saturated heterocycles. The third kappa shape index (κ3) is 9.69. The van der Waals surface area contributed by atoms with Gasteiger partial charge in [0.25, 0.3) is 0 Å². The smallest absolute Gasteiger partial charge is 0.337 e. The molecule has 0 atom stereocenters. The number of aryl methyl sites for hydroxylation is 2. The Morgan fingerprint density at radius 3 is 1.44 bits per heavy atom. The van der Waals surface area contributed by atoms with Gasteiger partial charge in [-0.15, -0.1) is 0 Å². The van der Waals surface area contributed by atoms with Crippen LogP contribution in [0, 0.1) is 25.5 Å². The number of hydrogen-bond acceptors (Lipinski definition) is 8. The summed E-state index contributed by atoms with van der Waals surface area (Å²) >= 11 is 0. The van der Waals surface area contributed by atoms with Gasteiger partial charge in [-0.2, -0.15) is 0 Å². The Kier molecular flexibility index (Phi) is 12.6. The number of sulfonamides is 2. The van der Waals surface area contributed by atoms with Crippen molar-refractivity contribution in [2.75, 3.05) is 34.8 Å². The molecule has 0 saturated carbocycles. The molecule has 0 bridgehead atoms. The number of hydrogen-bond donors (Lipinski definition) is 1. The fourth-order valence-corrected chi connectivity index (χ4v) is 6.52. The lowest BCUT2D eigenvalue weighted by atomic mass is 10.1. The van der Waals surface area contributed by atoms with E-state index >= 15 is 0 Å². The molecular weight excluding hydrogens is 665 g/mol. The van der Waals surface area contributed by atoms with E-state index in [2.05, 4.69) is 4.74 Å². The largest absolute Gasteiger partial charge is 0.465 e. The lowest BCUT2D eigenvalue weighted by molar-refractivity contribution is 0.0600. The third-order valence-electron chi connectivity index (χ3n) is 7.23. The summed E-state index contributed by atoms with van der Waals surface area (Å²) < 4.78 is 84.0. The number of carbonyl (C=O) groups excluding carboxylic acids is 2. The van der Waals surface area contributed by atoms with Gasteiger partial charge in [-0.05, 0) is 55.3 Å². The second-order valence-corrected chi connectivity index (χ2v) is 14.7. The Hall–Kier alpha value is -4.66. The van der Waals surface area contributed by atoms with Gasteiger partial charge in [0, 0.05) is 16.7 Å². The Labute approximate surface area is 279 Å². The zero-order valence-corrected chi connectivity index (χ0v) is 28.7. The number of esters is 1. The van der Waals surface area contributed by atoms with Gasteiger partial charge in [0.2, 0.25) is 20.0 Å². The Balaban J connectivity index is 0.000000260. The van der Waals surface area contributed by atoms with Crippen LogP contribution in [0.25, 0.3) is 0 Å². The molecule has 0 aromatic heterocycles. The van der Waals surface area contributed by atoms with Crippen molar-refractivity contribution in [3.8, 4) is 0 Å². The molecule has 0 amide bonds. The molecule has 0 aliphatic rings. The van der Waals surface area contributed by atoms with Gasteiger partial charge in [0.05, 0.1) is 56.2 Å². The van der Waals surface area contributed by atoms with Crippen molar-refractivity contribution in [2.45, 2.75) is 26.9 Å². The van der Waals surface area contributed by atoms with Crippen LogP contribution in [-0.2, 0) is 37.9 Å². The minimum Gasteiger partial charge on any atom is -0.465 e. The molecule has 0 radical (unpaired) electrons. The Morgan fingerprint density at radius 1 is 0.688 bits per heavy atom. The molecule has 0 heterocycles. The van der Waals surface area contributed by atoms with Crippen LogP contribution in [0.3, 0.4) is 0 Å². The van der Waals surface area contributed by atoms with E-state index in [1.165, 1.54) is 31.4 Å². The summed E-state index contributed by atoms with van der Waals surface area (Å²) in [4.78, 5) is 23.0. The molecule has 0 aliphatic heterocycles. The van der Waals surface area contributed by atoms with Crippen LogP contribution in [0.15, 0.2) is 84.9 Å². The fraction of sp³-hybridized carbons (Fsp3) is 0.235. The number of methoxy groups -OCH3 is 1. The molecule has 4 rings (SSSR count). The summed E-state index contributed by atoms with van der Waals surface area (Å²) in [5.74, 6) is -2.34. The van der Waals surface area contributed by atoms with Crippen LogP contribution >= 0.6 is 0 Å². The highest BCUT2D eigenvalue weighted by Gasteiger charge is 2.23. The zero-order valence-electron chi connectivity index (χ0n) is 27.1. The van der Waals surface area contributed by atoms with E-state index in [4.69, 9.17) is 5.73 Å². The third-order valence-corrected chi connectivity index (χ3v) is 9.48. The molecule has 0 aliphatic carbocycles. The van der Waals surface area contributed by atoms with Crippen molar-refractivity contribution in [2.24, 2.45) is 5.73 Å². The number of nitrogens with zero attached hydrogens (tertiary/aromatic N) is 2. The summed E-state index contributed by atoms with van der Waals surface area (Å²) in [5.41, 5.74) is 8.33. The highest BCUT2D eigenvalue weighted by Crippen LogP contribution is 2.27. The van der Waals surface area contributed by atoms with Gasteiger partial charge in [-0.25, -0.2) is 30.4 Å².